The maximum Gasteiger partial charge on any atom is 0.263 e. The summed E-state index contributed by atoms with van der Waals surface area (Å²) in [6.45, 7) is 1.27. The van der Waals surface area contributed by atoms with Gasteiger partial charge in [-0.25, -0.2) is 4.98 Å². The fourth-order valence-electron chi connectivity index (χ4n) is 4.03. The van der Waals surface area contributed by atoms with Gasteiger partial charge in [0.25, 0.3) is 11.8 Å². The molecule has 1 aromatic carbocycles. The summed E-state index contributed by atoms with van der Waals surface area (Å²) in [5, 5.41) is 1.83. The largest absolute Gasteiger partial charge is 0.370 e. The van der Waals surface area contributed by atoms with Gasteiger partial charge in [0.2, 0.25) is 0 Å². The molecule has 0 spiro atoms. The predicted molar refractivity (Wildman–Crippen MR) is 124 cm³/mol. The van der Waals surface area contributed by atoms with Crippen LogP contribution in [0.4, 0.5) is 0 Å². The second-order valence-electron chi connectivity index (χ2n) is 7.92. The Morgan fingerprint density at radius 1 is 1.12 bits per heavy atom. The smallest absolute Gasteiger partial charge is 0.263 e. The van der Waals surface area contributed by atoms with Crippen molar-refractivity contribution >= 4 is 44.3 Å². The second kappa shape index (κ2) is 8.29. The van der Waals surface area contributed by atoms with Crippen molar-refractivity contribution in [1.29, 1.82) is 0 Å². The van der Waals surface area contributed by atoms with Crippen LogP contribution in [0.25, 0.3) is 21.1 Å². The van der Waals surface area contributed by atoms with E-state index in [0.29, 0.717) is 30.1 Å². The third kappa shape index (κ3) is 3.61. The van der Waals surface area contributed by atoms with Crippen LogP contribution in [0.1, 0.15) is 31.7 Å². The zero-order chi connectivity index (χ0) is 22.2. The number of carbonyl (C=O) groups is 2. The van der Waals surface area contributed by atoms with Crippen molar-refractivity contribution < 1.29 is 14.3 Å². The van der Waals surface area contributed by atoms with E-state index in [1.165, 1.54) is 11.3 Å². The number of ether oxygens (including phenoxy) is 1. The Bertz CT molecular complexity index is 1330. The van der Waals surface area contributed by atoms with Crippen LogP contribution in [-0.4, -0.2) is 65.4 Å². The lowest BCUT2D eigenvalue weighted by atomic mass is 10.0. The Labute approximate surface area is 189 Å². The van der Waals surface area contributed by atoms with Crippen molar-refractivity contribution in [2.45, 2.75) is 6.10 Å². The van der Waals surface area contributed by atoms with Crippen LogP contribution in [0.5, 0.6) is 0 Å². The molecule has 1 fully saturated rings. The van der Waals surface area contributed by atoms with Gasteiger partial charge < -0.3 is 14.5 Å². The molecule has 1 aliphatic heterocycles. The summed E-state index contributed by atoms with van der Waals surface area (Å²) < 4.78 is 6.09. The zero-order valence-corrected chi connectivity index (χ0v) is 18.6. The van der Waals surface area contributed by atoms with Crippen LogP contribution in [0.15, 0.2) is 54.9 Å². The Hall–Kier alpha value is -3.36. The molecule has 0 N–H and O–H groups in total. The van der Waals surface area contributed by atoms with Gasteiger partial charge in [0.15, 0.2) is 0 Å². The van der Waals surface area contributed by atoms with Gasteiger partial charge in [-0.3, -0.25) is 14.6 Å². The molecule has 1 saturated heterocycles. The summed E-state index contributed by atoms with van der Waals surface area (Å²) in [4.78, 5) is 39.7. The summed E-state index contributed by atoms with van der Waals surface area (Å²) in [7, 11) is 3.46. The number of fused-ring (bicyclic) bond motifs is 2. The summed E-state index contributed by atoms with van der Waals surface area (Å²) in [5.41, 5.74) is 2.29. The van der Waals surface area contributed by atoms with Gasteiger partial charge >= 0.3 is 0 Å². The molecule has 0 saturated carbocycles. The van der Waals surface area contributed by atoms with E-state index >= 15 is 0 Å². The summed E-state index contributed by atoms with van der Waals surface area (Å²) in [5.74, 6) is -0.140. The molecule has 0 radical (unpaired) electrons. The first kappa shape index (κ1) is 20.5. The van der Waals surface area contributed by atoms with Gasteiger partial charge in [-0.05, 0) is 30.3 Å². The first-order valence-electron chi connectivity index (χ1n) is 10.4. The average molecular weight is 447 g/mol. The molecule has 32 heavy (non-hydrogen) atoms. The van der Waals surface area contributed by atoms with Crippen LogP contribution >= 0.6 is 11.3 Å². The first-order valence-corrected chi connectivity index (χ1v) is 11.2. The lowest BCUT2D eigenvalue weighted by Gasteiger charge is -2.33. The topological polar surface area (TPSA) is 75.6 Å². The standard InChI is InChI=1S/C24H22N4O3S/c1-27(2)24(30)21-20(17-6-4-10-26-22(17)32-21)19-14-28(11-12-31-19)23(29)16-7-8-18-15(13-16)5-3-9-25-18/h3-10,13,19H,11-12,14H2,1-2H3/t19-/m1/s1. The van der Waals surface area contributed by atoms with E-state index in [2.05, 4.69) is 9.97 Å². The van der Waals surface area contributed by atoms with Crippen LogP contribution in [0.3, 0.4) is 0 Å². The van der Waals surface area contributed by atoms with Crippen LogP contribution in [0.2, 0.25) is 0 Å². The van der Waals surface area contributed by atoms with Gasteiger partial charge in [0, 0.05) is 54.9 Å². The Morgan fingerprint density at radius 2 is 1.94 bits per heavy atom. The number of carbonyl (C=O) groups excluding carboxylic acids is 2. The highest BCUT2D eigenvalue weighted by atomic mass is 32.1. The first-order chi connectivity index (χ1) is 15.5. The average Bonchev–Trinajstić information content (AvgIpc) is 3.22. The Morgan fingerprint density at radius 3 is 2.78 bits per heavy atom. The molecular weight excluding hydrogens is 424 g/mol. The molecule has 5 rings (SSSR count). The molecule has 1 atom stereocenters. The minimum atomic E-state index is -0.397. The third-order valence-corrected chi connectivity index (χ3v) is 6.75. The number of thiophene rings is 1. The maximum atomic E-state index is 13.3. The van der Waals surface area contributed by atoms with E-state index in [1.807, 2.05) is 42.5 Å². The van der Waals surface area contributed by atoms with Crippen LogP contribution in [-0.2, 0) is 4.74 Å². The van der Waals surface area contributed by atoms with Crippen LogP contribution < -0.4 is 0 Å². The highest BCUT2D eigenvalue weighted by Gasteiger charge is 2.32. The number of hydrogen-bond acceptors (Lipinski definition) is 6. The van der Waals surface area contributed by atoms with Gasteiger partial charge in [0.1, 0.15) is 15.8 Å². The van der Waals surface area contributed by atoms with Crippen molar-refractivity contribution in [3.05, 3.63) is 70.9 Å². The lowest BCUT2D eigenvalue weighted by molar-refractivity contribution is -0.0223. The van der Waals surface area contributed by atoms with Crippen molar-refractivity contribution in [3.8, 4) is 0 Å². The van der Waals surface area contributed by atoms with Gasteiger partial charge in [-0.15, -0.1) is 11.3 Å². The van der Waals surface area contributed by atoms with E-state index in [4.69, 9.17) is 4.74 Å². The molecule has 7 nitrogen and oxygen atoms in total. The van der Waals surface area contributed by atoms with Gasteiger partial charge in [-0.2, -0.15) is 0 Å². The van der Waals surface area contributed by atoms with Crippen molar-refractivity contribution in [2.24, 2.45) is 0 Å². The number of benzene rings is 1. The maximum absolute atomic E-state index is 13.3. The predicted octanol–water partition coefficient (Wildman–Crippen LogP) is 3.76. The van der Waals surface area contributed by atoms with E-state index in [9.17, 15) is 9.59 Å². The summed E-state index contributed by atoms with van der Waals surface area (Å²) in [6, 6.07) is 13.2. The number of rotatable bonds is 3. The number of nitrogens with zero attached hydrogens (tertiary/aromatic N) is 4. The summed E-state index contributed by atoms with van der Waals surface area (Å²) in [6.07, 6.45) is 3.06. The second-order valence-corrected chi connectivity index (χ2v) is 8.92. The third-order valence-electron chi connectivity index (χ3n) is 5.63. The SMILES string of the molecule is CN(C)C(=O)c1sc2ncccc2c1[C@H]1CN(C(=O)c2ccc3ncccc3c2)CCO1. The van der Waals surface area contributed by atoms with Crippen LogP contribution in [0, 0.1) is 0 Å². The minimum Gasteiger partial charge on any atom is -0.370 e. The fourth-order valence-corrected chi connectivity index (χ4v) is 5.25. The highest BCUT2D eigenvalue weighted by Crippen LogP contribution is 2.38. The Balaban J connectivity index is 1.48. The number of aromatic nitrogens is 2. The molecule has 4 heterocycles. The molecule has 162 valence electrons. The number of morpholine rings is 1. The monoisotopic (exact) mass is 446 g/mol. The number of hydrogen-bond donors (Lipinski definition) is 0. The van der Waals surface area contributed by atoms with E-state index in [1.54, 1.807) is 36.3 Å². The Kier molecular flexibility index (Phi) is 5.32. The molecule has 8 heteroatoms. The molecule has 2 amide bonds. The molecule has 1 aliphatic rings. The van der Waals surface area contributed by atoms with Gasteiger partial charge in [-0.1, -0.05) is 12.1 Å². The number of pyridine rings is 2. The molecule has 0 unspecified atom stereocenters. The minimum absolute atomic E-state index is 0.0535. The summed E-state index contributed by atoms with van der Waals surface area (Å²) >= 11 is 1.37. The quantitative estimate of drug-likeness (QED) is 0.479. The molecule has 4 aromatic rings. The fraction of sp³-hybridized carbons (Fsp3) is 0.250. The molecule has 0 aliphatic carbocycles. The zero-order valence-electron chi connectivity index (χ0n) is 17.8. The van der Waals surface area contributed by atoms with E-state index in [0.717, 1.165) is 26.7 Å². The van der Waals surface area contributed by atoms with Crippen molar-refractivity contribution in [2.75, 3.05) is 33.8 Å². The van der Waals surface area contributed by atoms with Crippen molar-refractivity contribution in [3.63, 3.8) is 0 Å². The normalized spacial score (nSPS) is 16.4. The highest BCUT2D eigenvalue weighted by molar-refractivity contribution is 7.20. The number of amides is 2. The van der Waals surface area contributed by atoms with E-state index in [-0.39, 0.29) is 11.8 Å². The van der Waals surface area contributed by atoms with E-state index < -0.39 is 6.10 Å². The lowest BCUT2D eigenvalue weighted by Crippen LogP contribution is -2.42. The molecule has 3 aromatic heterocycles. The van der Waals surface area contributed by atoms with Crippen molar-refractivity contribution in [1.82, 2.24) is 19.8 Å². The van der Waals surface area contributed by atoms with Gasteiger partial charge in [0.05, 0.1) is 18.7 Å². The molecule has 0 bridgehead atoms. The molecular formula is C24H22N4O3S.